The number of hydrogen-bond acceptors (Lipinski definition) is 3. The Morgan fingerprint density at radius 1 is 1.11 bits per heavy atom. The molecule has 136 valence electrons. The van der Waals surface area contributed by atoms with Gasteiger partial charge in [0.15, 0.2) is 0 Å². The van der Waals surface area contributed by atoms with Crippen LogP contribution in [0.2, 0.25) is 0 Å². The maximum absolute atomic E-state index is 12.4. The maximum Gasteiger partial charge on any atom is 0.270 e. The molecule has 1 aromatic heterocycles. The Kier molecular flexibility index (Phi) is 5.58. The number of aromatic nitrogens is 2. The highest BCUT2D eigenvalue weighted by Crippen LogP contribution is 2.18. The Bertz CT molecular complexity index is 977. The molecule has 0 aliphatic heterocycles. The van der Waals surface area contributed by atoms with Gasteiger partial charge in [-0.2, -0.15) is 5.10 Å². The van der Waals surface area contributed by atoms with E-state index < -0.39 is 0 Å². The quantitative estimate of drug-likeness (QED) is 0.730. The molecule has 0 saturated heterocycles. The number of carbonyl (C=O) groups is 1. The van der Waals surface area contributed by atoms with E-state index in [9.17, 15) is 4.79 Å². The van der Waals surface area contributed by atoms with E-state index in [0.717, 1.165) is 22.5 Å². The molecule has 1 N–H and O–H groups in total. The predicted octanol–water partition coefficient (Wildman–Crippen LogP) is 2.93. The van der Waals surface area contributed by atoms with Crippen LogP contribution in [0.1, 0.15) is 16.1 Å². The minimum Gasteiger partial charge on any atom is -0.378 e. The second-order valence-corrected chi connectivity index (χ2v) is 6.33. The first-order valence-corrected chi connectivity index (χ1v) is 8.68. The Balaban J connectivity index is 1.61. The van der Waals surface area contributed by atoms with Crippen LogP contribution in [0.3, 0.4) is 0 Å². The van der Waals surface area contributed by atoms with Gasteiger partial charge in [0.1, 0.15) is 5.69 Å². The Morgan fingerprint density at radius 2 is 1.81 bits per heavy atom. The van der Waals surface area contributed by atoms with E-state index in [1.54, 1.807) is 17.8 Å². The van der Waals surface area contributed by atoms with Crippen LogP contribution in [-0.2, 0) is 7.05 Å². The molecule has 0 aliphatic carbocycles. The fourth-order valence-electron chi connectivity index (χ4n) is 2.63. The highest BCUT2D eigenvalue weighted by molar-refractivity contribution is 5.93. The lowest BCUT2D eigenvalue weighted by atomic mass is 10.1. The molecular weight excluding hydrogens is 336 g/mol. The van der Waals surface area contributed by atoms with Crippen molar-refractivity contribution >= 4 is 11.6 Å². The van der Waals surface area contributed by atoms with Gasteiger partial charge in [0.2, 0.25) is 0 Å². The molecule has 0 unspecified atom stereocenters. The molecule has 0 aliphatic rings. The molecule has 1 amide bonds. The summed E-state index contributed by atoms with van der Waals surface area (Å²) in [5, 5.41) is 7.24. The van der Waals surface area contributed by atoms with Gasteiger partial charge in [0.05, 0.1) is 12.2 Å². The summed E-state index contributed by atoms with van der Waals surface area (Å²) in [6, 6.07) is 19.6. The van der Waals surface area contributed by atoms with Crippen molar-refractivity contribution in [1.82, 2.24) is 15.1 Å². The molecule has 0 spiro atoms. The van der Waals surface area contributed by atoms with Gasteiger partial charge in [-0.05, 0) is 30.3 Å². The minimum atomic E-state index is -0.190. The largest absolute Gasteiger partial charge is 0.378 e. The summed E-state index contributed by atoms with van der Waals surface area (Å²) < 4.78 is 1.59. The predicted molar refractivity (Wildman–Crippen MR) is 109 cm³/mol. The molecule has 0 bridgehead atoms. The Hall–Kier alpha value is -3.52. The van der Waals surface area contributed by atoms with Gasteiger partial charge in [-0.25, -0.2) is 0 Å². The molecule has 0 fully saturated rings. The van der Waals surface area contributed by atoms with Crippen LogP contribution in [0.25, 0.3) is 11.3 Å². The van der Waals surface area contributed by atoms with E-state index in [1.807, 2.05) is 73.6 Å². The zero-order valence-corrected chi connectivity index (χ0v) is 15.7. The van der Waals surface area contributed by atoms with Crippen molar-refractivity contribution in [3.05, 3.63) is 71.9 Å². The average Bonchev–Trinajstić information content (AvgIpc) is 3.08. The highest BCUT2D eigenvalue weighted by Gasteiger charge is 2.13. The molecular formula is C22H22N4O. The lowest BCUT2D eigenvalue weighted by Crippen LogP contribution is -2.25. The second kappa shape index (κ2) is 8.24. The lowest BCUT2D eigenvalue weighted by molar-refractivity contribution is 0.0949. The molecule has 0 radical (unpaired) electrons. The van der Waals surface area contributed by atoms with E-state index in [1.165, 1.54) is 0 Å². The van der Waals surface area contributed by atoms with E-state index in [-0.39, 0.29) is 12.5 Å². The minimum absolute atomic E-state index is 0.190. The fourth-order valence-corrected chi connectivity index (χ4v) is 2.63. The third-order valence-electron chi connectivity index (χ3n) is 4.14. The van der Waals surface area contributed by atoms with Gasteiger partial charge in [-0.15, -0.1) is 0 Å². The van der Waals surface area contributed by atoms with Gasteiger partial charge < -0.3 is 10.2 Å². The number of anilines is 1. The van der Waals surface area contributed by atoms with Crippen LogP contribution < -0.4 is 10.2 Å². The van der Waals surface area contributed by atoms with Crippen molar-refractivity contribution in [1.29, 1.82) is 0 Å². The number of nitrogens with zero attached hydrogens (tertiary/aromatic N) is 3. The number of amides is 1. The number of aryl methyl sites for hydroxylation is 1. The number of rotatable bonds is 4. The van der Waals surface area contributed by atoms with Crippen LogP contribution in [0.15, 0.2) is 60.7 Å². The van der Waals surface area contributed by atoms with Crippen molar-refractivity contribution in [2.24, 2.45) is 7.05 Å². The normalized spacial score (nSPS) is 10.0. The summed E-state index contributed by atoms with van der Waals surface area (Å²) in [6.07, 6.45) is 0. The SMILES string of the molecule is CN(C)c1ccc(C#CCNC(=O)c2cc(-c3ccccc3)nn2C)cc1. The van der Waals surface area contributed by atoms with E-state index in [2.05, 4.69) is 22.3 Å². The van der Waals surface area contributed by atoms with E-state index in [4.69, 9.17) is 0 Å². The molecule has 2 aromatic carbocycles. The van der Waals surface area contributed by atoms with E-state index in [0.29, 0.717) is 5.69 Å². The zero-order valence-electron chi connectivity index (χ0n) is 15.7. The topological polar surface area (TPSA) is 50.2 Å². The molecule has 5 nitrogen and oxygen atoms in total. The van der Waals surface area contributed by atoms with Crippen LogP contribution in [-0.4, -0.2) is 36.3 Å². The maximum atomic E-state index is 12.4. The number of nitrogens with one attached hydrogen (secondary N) is 1. The van der Waals surface area contributed by atoms with Crippen LogP contribution >= 0.6 is 0 Å². The smallest absolute Gasteiger partial charge is 0.270 e. The van der Waals surface area contributed by atoms with Gasteiger partial charge >= 0.3 is 0 Å². The molecule has 0 saturated carbocycles. The molecule has 0 atom stereocenters. The third-order valence-corrected chi connectivity index (χ3v) is 4.14. The van der Waals surface area contributed by atoms with Crippen LogP contribution in [0.5, 0.6) is 0 Å². The molecule has 5 heteroatoms. The third kappa shape index (κ3) is 4.56. The van der Waals surface area contributed by atoms with Crippen LogP contribution in [0, 0.1) is 11.8 Å². The summed E-state index contributed by atoms with van der Waals surface area (Å²) in [7, 11) is 5.76. The monoisotopic (exact) mass is 358 g/mol. The molecule has 1 heterocycles. The van der Waals surface area contributed by atoms with Gasteiger partial charge in [-0.1, -0.05) is 42.2 Å². The zero-order chi connectivity index (χ0) is 19.2. The highest BCUT2D eigenvalue weighted by atomic mass is 16.2. The fraction of sp³-hybridized carbons (Fsp3) is 0.182. The number of benzene rings is 2. The standard InChI is InChI=1S/C22H22N4O/c1-25(2)19-13-11-17(12-14-19)8-7-15-23-22(27)21-16-20(24-26(21)3)18-9-5-4-6-10-18/h4-6,9-14,16H,15H2,1-3H3,(H,23,27). The van der Waals surface area contributed by atoms with Crippen molar-refractivity contribution in [2.45, 2.75) is 0 Å². The first-order valence-electron chi connectivity index (χ1n) is 8.68. The first kappa shape index (κ1) is 18.3. The molecule has 27 heavy (non-hydrogen) atoms. The van der Waals surface area contributed by atoms with Crippen molar-refractivity contribution in [3.63, 3.8) is 0 Å². The molecule has 3 aromatic rings. The lowest BCUT2D eigenvalue weighted by Gasteiger charge is -2.11. The van der Waals surface area contributed by atoms with Gasteiger partial charge in [0.25, 0.3) is 5.91 Å². The molecule has 3 rings (SSSR count). The average molecular weight is 358 g/mol. The second-order valence-electron chi connectivity index (χ2n) is 6.33. The summed E-state index contributed by atoms with van der Waals surface area (Å²) in [5.74, 6) is 5.85. The number of hydrogen-bond donors (Lipinski definition) is 1. The summed E-state index contributed by atoms with van der Waals surface area (Å²) in [4.78, 5) is 14.4. The Morgan fingerprint density at radius 3 is 2.48 bits per heavy atom. The van der Waals surface area contributed by atoms with Crippen molar-refractivity contribution < 1.29 is 4.79 Å². The van der Waals surface area contributed by atoms with Gasteiger partial charge in [0, 0.05) is 38.0 Å². The number of carbonyl (C=O) groups excluding carboxylic acids is 1. The summed E-state index contributed by atoms with van der Waals surface area (Å²) in [6.45, 7) is 0.278. The van der Waals surface area contributed by atoms with Gasteiger partial charge in [-0.3, -0.25) is 9.48 Å². The first-order chi connectivity index (χ1) is 13.0. The summed E-state index contributed by atoms with van der Waals surface area (Å²) in [5.41, 5.74) is 4.30. The van der Waals surface area contributed by atoms with Crippen molar-refractivity contribution in [2.75, 3.05) is 25.5 Å². The Labute approximate surface area is 159 Å². The van der Waals surface area contributed by atoms with Crippen LogP contribution in [0.4, 0.5) is 5.69 Å². The van der Waals surface area contributed by atoms with Crippen molar-refractivity contribution in [3.8, 4) is 23.1 Å². The summed E-state index contributed by atoms with van der Waals surface area (Å²) >= 11 is 0. The van der Waals surface area contributed by atoms with E-state index >= 15 is 0 Å².